The van der Waals surface area contributed by atoms with Crippen LogP contribution in [0.1, 0.15) is 52.6 Å². The van der Waals surface area contributed by atoms with Gasteiger partial charge in [0, 0.05) is 17.2 Å². The quantitative estimate of drug-likeness (QED) is 0.346. The minimum atomic E-state index is -0.418. The SMILES string of the molecule is COc1cc(CN2C(=O)c3c(Cl)ccc(NSc4ccc(C(C)(C)C)cc4)c3C2=O)ccn1. The lowest BCUT2D eigenvalue weighted by atomic mass is 9.87. The fourth-order valence-electron chi connectivity index (χ4n) is 3.58. The number of halogens is 1. The van der Waals surface area contributed by atoms with Crippen LogP contribution in [-0.4, -0.2) is 28.8 Å². The van der Waals surface area contributed by atoms with Crippen LogP contribution in [0.4, 0.5) is 5.69 Å². The third-order valence-corrected chi connectivity index (χ3v) is 6.57. The Labute approximate surface area is 202 Å². The lowest BCUT2D eigenvalue weighted by Crippen LogP contribution is -2.29. The first kappa shape index (κ1) is 23.1. The van der Waals surface area contributed by atoms with Gasteiger partial charge in [0.2, 0.25) is 5.88 Å². The minimum Gasteiger partial charge on any atom is -0.481 e. The molecule has 3 aromatic rings. The monoisotopic (exact) mass is 481 g/mol. The maximum absolute atomic E-state index is 13.3. The molecule has 1 N–H and O–H groups in total. The zero-order chi connectivity index (χ0) is 23.8. The van der Waals surface area contributed by atoms with E-state index in [-0.39, 0.29) is 34.0 Å². The largest absolute Gasteiger partial charge is 0.481 e. The Balaban J connectivity index is 1.57. The molecule has 6 nitrogen and oxygen atoms in total. The summed E-state index contributed by atoms with van der Waals surface area (Å²) < 4.78 is 8.37. The molecule has 2 amide bonds. The van der Waals surface area contributed by atoms with E-state index in [0.717, 1.165) is 10.5 Å². The highest BCUT2D eigenvalue weighted by molar-refractivity contribution is 8.00. The molecule has 4 rings (SSSR count). The van der Waals surface area contributed by atoms with Crippen molar-refractivity contribution in [3.05, 3.63) is 82.0 Å². The number of hydrogen-bond acceptors (Lipinski definition) is 6. The lowest BCUT2D eigenvalue weighted by Gasteiger charge is -2.19. The first-order chi connectivity index (χ1) is 15.7. The highest BCUT2D eigenvalue weighted by atomic mass is 35.5. The molecule has 1 aromatic heterocycles. The number of benzene rings is 2. The molecule has 0 unspecified atom stereocenters. The lowest BCUT2D eigenvalue weighted by molar-refractivity contribution is 0.0642. The minimum absolute atomic E-state index is 0.0721. The zero-order valence-corrected chi connectivity index (χ0v) is 20.4. The summed E-state index contributed by atoms with van der Waals surface area (Å²) in [4.78, 5) is 32.6. The van der Waals surface area contributed by atoms with Crippen LogP contribution < -0.4 is 9.46 Å². The Morgan fingerprint density at radius 1 is 1.03 bits per heavy atom. The van der Waals surface area contributed by atoms with Crippen molar-refractivity contribution in [2.75, 3.05) is 11.8 Å². The molecular weight excluding hydrogens is 458 g/mol. The van der Waals surface area contributed by atoms with Gasteiger partial charge in [-0.2, -0.15) is 0 Å². The number of imide groups is 1. The molecule has 2 aromatic carbocycles. The highest BCUT2D eigenvalue weighted by Crippen LogP contribution is 2.37. The molecule has 0 atom stereocenters. The number of nitrogens with zero attached hydrogens (tertiary/aromatic N) is 2. The van der Waals surface area contributed by atoms with Crippen molar-refractivity contribution in [2.45, 2.75) is 37.6 Å². The number of methoxy groups -OCH3 is 1. The van der Waals surface area contributed by atoms with E-state index in [2.05, 4.69) is 42.6 Å². The average Bonchev–Trinajstić information content (AvgIpc) is 3.04. The number of carbonyl (C=O) groups excluding carboxylic acids is 2. The van der Waals surface area contributed by atoms with Crippen LogP contribution in [-0.2, 0) is 12.0 Å². The Kier molecular flexibility index (Phi) is 6.36. The summed E-state index contributed by atoms with van der Waals surface area (Å²) in [6.07, 6.45) is 1.58. The summed E-state index contributed by atoms with van der Waals surface area (Å²) in [6, 6.07) is 15.0. The first-order valence-corrected chi connectivity index (χ1v) is 11.6. The number of hydrogen-bond donors (Lipinski definition) is 1. The normalized spacial score (nSPS) is 13.3. The van der Waals surface area contributed by atoms with Crippen LogP contribution in [0.15, 0.2) is 59.6 Å². The van der Waals surface area contributed by atoms with Gasteiger partial charge in [-0.05, 0) is 58.8 Å². The number of rotatable bonds is 6. The van der Waals surface area contributed by atoms with Crippen LogP contribution in [0.5, 0.6) is 5.88 Å². The molecule has 2 heterocycles. The standard InChI is InChI=1S/C25H24ClN3O3S/c1-25(2,3)16-5-7-17(8-6-16)33-28-19-10-9-18(26)21-22(19)24(31)29(23(21)30)14-15-11-12-27-20(13-15)32-4/h5-13,28H,14H2,1-4H3. The number of carbonyl (C=O) groups is 2. The number of fused-ring (bicyclic) bond motifs is 1. The molecule has 0 saturated heterocycles. The summed E-state index contributed by atoms with van der Waals surface area (Å²) in [5.74, 6) is -0.392. The van der Waals surface area contributed by atoms with Crippen molar-refractivity contribution in [1.82, 2.24) is 9.88 Å². The topological polar surface area (TPSA) is 71.5 Å². The van der Waals surface area contributed by atoms with Crippen molar-refractivity contribution in [3.63, 3.8) is 0 Å². The van der Waals surface area contributed by atoms with E-state index in [1.807, 2.05) is 12.1 Å². The Hall–Kier alpha value is -3.03. The third kappa shape index (κ3) is 4.70. The van der Waals surface area contributed by atoms with Gasteiger partial charge in [0.15, 0.2) is 0 Å². The third-order valence-electron chi connectivity index (χ3n) is 5.42. The van der Waals surface area contributed by atoms with Gasteiger partial charge in [-0.3, -0.25) is 14.5 Å². The van der Waals surface area contributed by atoms with E-state index in [0.29, 0.717) is 11.6 Å². The van der Waals surface area contributed by atoms with E-state index in [9.17, 15) is 9.59 Å². The number of aromatic nitrogens is 1. The smallest absolute Gasteiger partial charge is 0.264 e. The Morgan fingerprint density at radius 2 is 1.73 bits per heavy atom. The molecular formula is C25H24ClN3O3S. The second-order valence-electron chi connectivity index (χ2n) is 8.73. The fraction of sp³-hybridized carbons (Fsp3) is 0.240. The van der Waals surface area contributed by atoms with Gasteiger partial charge < -0.3 is 9.46 Å². The zero-order valence-electron chi connectivity index (χ0n) is 18.8. The number of anilines is 1. The second kappa shape index (κ2) is 9.08. The predicted molar refractivity (Wildman–Crippen MR) is 131 cm³/mol. The van der Waals surface area contributed by atoms with E-state index in [4.69, 9.17) is 16.3 Å². The fourth-order valence-corrected chi connectivity index (χ4v) is 4.49. The summed E-state index contributed by atoms with van der Waals surface area (Å²) >= 11 is 7.71. The maximum Gasteiger partial charge on any atom is 0.264 e. The number of pyridine rings is 1. The molecule has 0 spiro atoms. The van der Waals surface area contributed by atoms with E-state index in [1.165, 1.54) is 29.5 Å². The van der Waals surface area contributed by atoms with Crippen molar-refractivity contribution in [3.8, 4) is 5.88 Å². The highest BCUT2D eigenvalue weighted by Gasteiger charge is 2.39. The average molecular weight is 482 g/mol. The van der Waals surface area contributed by atoms with Crippen LogP contribution in [0.3, 0.4) is 0 Å². The van der Waals surface area contributed by atoms with E-state index >= 15 is 0 Å². The summed E-state index contributed by atoms with van der Waals surface area (Å²) in [5, 5.41) is 0.253. The molecule has 0 aliphatic carbocycles. The van der Waals surface area contributed by atoms with Crippen LogP contribution in [0.2, 0.25) is 5.02 Å². The Bertz CT molecular complexity index is 1220. The van der Waals surface area contributed by atoms with Gasteiger partial charge in [0.05, 0.1) is 35.5 Å². The molecule has 0 fully saturated rings. The molecule has 33 heavy (non-hydrogen) atoms. The molecule has 170 valence electrons. The van der Waals surface area contributed by atoms with Gasteiger partial charge in [-0.15, -0.1) is 0 Å². The van der Waals surface area contributed by atoms with Gasteiger partial charge >= 0.3 is 0 Å². The van der Waals surface area contributed by atoms with E-state index < -0.39 is 5.91 Å². The second-order valence-corrected chi connectivity index (χ2v) is 10.0. The van der Waals surface area contributed by atoms with Crippen molar-refractivity contribution < 1.29 is 14.3 Å². The number of nitrogens with one attached hydrogen (secondary N) is 1. The van der Waals surface area contributed by atoms with Crippen LogP contribution in [0.25, 0.3) is 0 Å². The summed E-state index contributed by atoms with van der Waals surface area (Å²) in [7, 11) is 1.51. The molecule has 8 heteroatoms. The molecule has 0 radical (unpaired) electrons. The van der Waals surface area contributed by atoms with Gasteiger partial charge in [0.1, 0.15) is 0 Å². The molecule has 0 bridgehead atoms. The van der Waals surface area contributed by atoms with Crippen molar-refractivity contribution >= 4 is 41.1 Å². The van der Waals surface area contributed by atoms with Crippen molar-refractivity contribution in [1.29, 1.82) is 0 Å². The molecule has 1 aliphatic heterocycles. The summed E-state index contributed by atoms with van der Waals surface area (Å²) in [6.45, 7) is 6.60. The number of amides is 2. The maximum atomic E-state index is 13.3. The van der Waals surface area contributed by atoms with Gasteiger partial charge in [0.25, 0.3) is 11.8 Å². The summed E-state index contributed by atoms with van der Waals surface area (Å²) in [5.41, 5.74) is 3.10. The van der Waals surface area contributed by atoms with Gasteiger partial charge in [-0.1, -0.05) is 44.5 Å². The van der Waals surface area contributed by atoms with Crippen molar-refractivity contribution in [2.24, 2.45) is 0 Å². The molecule has 1 aliphatic rings. The number of ether oxygens (including phenoxy) is 1. The first-order valence-electron chi connectivity index (χ1n) is 10.4. The van der Waals surface area contributed by atoms with Crippen LogP contribution >= 0.6 is 23.5 Å². The molecule has 0 saturated carbocycles. The van der Waals surface area contributed by atoms with E-state index in [1.54, 1.807) is 30.5 Å². The predicted octanol–water partition coefficient (Wildman–Crippen LogP) is 5.96. The van der Waals surface area contributed by atoms with Gasteiger partial charge in [-0.25, -0.2) is 4.98 Å². The Morgan fingerprint density at radius 3 is 2.39 bits per heavy atom. The van der Waals surface area contributed by atoms with Crippen LogP contribution in [0, 0.1) is 0 Å².